The zero-order chi connectivity index (χ0) is 26.8. The van der Waals surface area contributed by atoms with E-state index in [1.54, 1.807) is 0 Å². The van der Waals surface area contributed by atoms with Crippen molar-refractivity contribution in [1.82, 2.24) is 19.7 Å². The molecule has 1 fully saturated rings. The number of likely N-dealkylation sites (tertiary alicyclic amines) is 1. The predicted octanol–water partition coefficient (Wildman–Crippen LogP) is 5.68. The highest BCUT2D eigenvalue weighted by Gasteiger charge is 2.29. The summed E-state index contributed by atoms with van der Waals surface area (Å²) >= 11 is 1.37. The van der Waals surface area contributed by atoms with E-state index in [2.05, 4.69) is 21.5 Å². The van der Waals surface area contributed by atoms with Crippen LogP contribution in [0.25, 0.3) is 0 Å². The number of piperidine rings is 1. The van der Waals surface area contributed by atoms with Crippen molar-refractivity contribution in [3.63, 3.8) is 0 Å². The number of benzene rings is 1. The minimum Gasteiger partial charge on any atom is -0.341 e. The van der Waals surface area contributed by atoms with Crippen molar-refractivity contribution in [2.45, 2.75) is 63.3 Å². The van der Waals surface area contributed by atoms with E-state index in [4.69, 9.17) is 0 Å². The van der Waals surface area contributed by atoms with Gasteiger partial charge in [0.15, 0.2) is 5.13 Å². The molecule has 7 nitrogen and oxygen atoms in total. The number of alkyl halides is 4. The molecule has 0 radical (unpaired) electrons. The van der Waals surface area contributed by atoms with Gasteiger partial charge in [-0.2, -0.15) is 5.10 Å². The van der Waals surface area contributed by atoms with E-state index >= 15 is 0 Å². The number of rotatable bonds is 7. The third-order valence-corrected chi connectivity index (χ3v) is 8.04. The summed E-state index contributed by atoms with van der Waals surface area (Å²) < 4.78 is 52.9. The molecule has 1 aliphatic heterocycles. The van der Waals surface area contributed by atoms with Crippen LogP contribution in [-0.4, -0.2) is 44.6 Å². The first-order chi connectivity index (χ1) is 18.3. The minimum absolute atomic E-state index is 0.0600. The van der Waals surface area contributed by atoms with Crippen molar-refractivity contribution in [2.75, 3.05) is 18.4 Å². The van der Waals surface area contributed by atoms with Crippen LogP contribution in [-0.2, 0) is 22.6 Å². The van der Waals surface area contributed by atoms with E-state index in [1.807, 2.05) is 23.6 Å². The zero-order valence-electron chi connectivity index (χ0n) is 20.5. The van der Waals surface area contributed by atoms with Crippen LogP contribution < -0.4 is 5.32 Å². The van der Waals surface area contributed by atoms with Crippen LogP contribution >= 0.6 is 11.3 Å². The number of hydrogen-bond acceptors (Lipinski definition) is 5. The Labute approximate surface area is 220 Å². The molecule has 5 rings (SSSR count). The van der Waals surface area contributed by atoms with E-state index in [0.717, 1.165) is 30.5 Å². The first kappa shape index (κ1) is 26.3. The molecule has 1 atom stereocenters. The Morgan fingerprint density at radius 2 is 1.84 bits per heavy atom. The van der Waals surface area contributed by atoms with Gasteiger partial charge in [-0.05, 0) is 49.3 Å². The highest BCUT2D eigenvalue weighted by Crippen LogP contribution is 2.34. The average molecular weight is 550 g/mol. The highest BCUT2D eigenvalue weighted by molar-refractivity contribution is 7.13. The molecule has 0 spiro atoms. The van der Waals surface area contributed by atoms with Crippen molar-refractivity contribution in [3.05, 3.63) is 63.9 Å². The molecule has 1 aromatic carbocycles. The summed E-state index contributed by atoms with van der Waals surface area (Å²) in [6.45, 7) is 0.247. The standard InChI is InChI=1S/C26H27F4N5O2S/c27-23(28)19-12-21(24(29)30)35(33-19)13-22(36)34-10-8-16(9-11-34)20-14-38-26(31-20)32-25(37)18-7-3-5-15-4-1-2-6-17(15)18/h1-2,4,6,12,14,16,18,23-24H,3,5,7-11,13H2,(H,31,32,37). The second-order valence-electron chi connectivity index (χ2n) is 9.62. The number of halogens is 4. The van der Waals surface area contributed by atoms with Gasteiger partial charge in [0.2, 0.25) is 11.8 Å². The molecule has 1 saturated heterocycles. The number of thiazole rings is 1. The molecule has 0 bridgehead atoms. The number of anilines is 1. The van der Waals surface area contributed by atoms with E-state index < -0.39 is 36.7 Å². The second-order valence-corrected chi connectivity index (χ2v) is 10.5. The summed E-state index contributed by atoms with van der Waals surface area (Å²) in [7, 11) is 0. The average Bonchev–Trinajstić information content (AvgIpc) is 3.56. The van der Waals surface area contributed by atoms with Gasteiger partial charge >= 0.3 is 0 Å². The molecule has 0 saturated carbocycles. The van der Waals surface area contributed by atoms with E-state index in [-0.39, 0.29) is 17.7 Å². The number of carbonyl (C=O) groups is 2. The number of fused-ring (bicyclic) bond motifs is 1. The van der Waals surface area contributed by atoms with Crippen molar-refractivity contribution in [3.8, 4) is 0 Å². The fourth-order valence-electron chi connectivity index (χ4n) is 5.26. The van der Waals surface area contributed by atoms with Gasteiger partial charge in [0.1, 0.15) is 17.9 Å². The van der Waals surface area contributed by atoms with Crippen molar-refractivity contribution in [1.29, 1.82) is 0 Å². The summed E-state index contributed by atoms with van der Waals surface area (Å²) in [5.74, 6) is -0.620. The van der Waals surface area contributed by atoms with Crippen LogP contribution in [0.4, 0.5) is 22.7 Å². The molecular weight excluding hydrogens is 522 g/mol. The second kappa shape index (κ2) is 11.2. The summed E-state index contributed by atoms with van der Waals surface area (Å²) in [5.41, 5.74) is 1.66. The van der Waals surface area contributed by atoms with E-state index in [0.29, 0.717) is 41.8 Å². The molecule has 1 unspecified atom stereocenters. The maximum atomic E-state index is 13.2. The molecule has 3 aromatic rings. The van der Waals surface area contributed by atoms with E-state index in [1.165, 1.54) is 21.8 Å². The summed E-state index contributed by atoms with van der Waals surface area (Å²) in [6, 6.07) is 8.67. The molecule has 3 heterocycles. The number of carbonyl (C=O) groups excluding carboxylic acids is 2. The van der Waals surface area contributed by atoms with Crippen molar-refractivity contribution < 1.29 is 27.2 Å². The predicted molar refractivity (Wildman–Crippen MR) is 134 cm³/mol. The Hall–Kier alpha value is -3.28. The smallest absolute Gasteiger partial charge is 0.282 e. The van der Waals surface area contributed by atoms with Crippen LogP contribution in [0.15, 0.2) is 35.7 Å². The number of aromatic nitrogens is 3. The lowest BCUT2D eigenvalue weighted by Crippen LogP contribution is -2.40. The molecule has 38 heavy (non-hydrogen) atoms. The molecule has 2 aliphatic rings. The van der Waals surface area contributed by atoms with Crippen LogP contribution in [0, 0.1) is 0 Å². The van der Waals surface area contributed by atoms with Gasteiger partial charge < -0.3 is 10.2 Å². The van der Waals surface area contributed by atoms with Gasteiger partial charge in [-0.1, -0.05) is 24.3 Å². The molecule has 1 aliphatic carbocycles. The first-order valence-electron chi connectivity index (χ1n) is 12.6. The Morgan fingerprint density at radius 3 is 2.58 bits per heavy atom. The number of nitrogens with one attached hydrogen (secondary N) is 1. The van der Waals surface area contributed by atoms with Crippen LogP contribution in [0.1, 0.15) is 78.6 Å². The Bertz CT molecular complexity index is 1300. The van der Waals surface area contributed by atoms with E-state index in [9.17, 15) is 27.2 Å². The highest BCUT2D eigenvalue weighted by atomic mass is 32.1. The number of aryl methyl sites for hydroxylation is 1. The van der Waals surface area contributed by atoms with Crippen molar-refractivity contribution >= 4 is 28.3 Å². The van der Waals surface area contributed by atoms with Gasteiger partial charge in [-0.25, -0.2) is 22.5 Å². The number of amides is 2. The van der Waals surface area contributed by atoms with Gasteiger partial charge in [0.25, 0.3) is 12.9 Å². The van der Waals surface area contributed by atoms with Gasteiger partial charge in [0, 0.05) is 24.4 Å². The van der Waals surface area contributed by atoms with Crippen molar-refractivity contribution in [2.24, 2.45) is 0 Å². The quantitative estimate of drug-likeness (QED) is 0.385. The minimum atomic E-state index is -3.01. The lowest BCUT2D eigenvalue weighted by atomic mass is 9.82. The summed E-state index contributed by atoms with van der Waals surface area (Å²) in [4.78, 5) is 31.9. The SMILES string of the molecule is O=C(Nc1nc(C2CCN(C(=O)Cn3nc(C(F)F)cc3C(F)F)CC2)cs1)C1CCCc2ccccc21. The fourth-order valence-corrected chi connectivity index (χ4v) is 6.06. The third kappa shape index (κ3) is 5.59. The Kier molecular flexibility index (Phi) is 7.78. The lowest BCUT2D eigenvalue weighted by Gasteiger charge is -2.31. The lowest BCUT2D eigenvalue weighted by molar-refractivity contribution is -0.133. The largest absolute Gasteiger partial charge is 0.341 e. The molecular formula is C26H27F4N5O2S. The summed E-state index contributed by atoms with van der Waals surface area (Å²) in [6.07, 6.45) is -2.04. The number of nitrogens with zero attached hydrogens (tertiary/aromatic N) is 4. The molecule has 2 amide bonds. The first-order valence-corrected chi connectivity index (χ1v) is 13.4. The Balaban J connectivity index is 1.16. The summed E-state index contributed by atoms with van der Waals surface area (Å²) in [5, 5.41) is 8.92. The third-order valence-electron chi connectivity index (χ3n) is 7.27. The number of hydrogen-bond donors (Lipinski definition) is 1. The maximum Gasteiger partial charge on any atom is 0.282 e. The van der Waals surface area contributed by atoms with Gasteiger partial charge in [-0.15, -0.1) is 11.3 Å². The maximum absolute atomic E-state index is 13.2. The van der Waals surface area contributed by atoms with Crippen LogP contribution in [0.3, 0.4) is 0 Å². The molecule has 2 aromatic heterocycles. The van der Waals surface area contributed by atoms with Crippen LogP contribution in [0.2, 0.25) is 0 Å². The van der Waals surface area contributed by atoms with Gasteiger partial charge in [0.05, 0.1) is 11.6 Å². The fraction of sp³-hybridized carbons (Fsp3) is 0.462. The monoisotopic (exact) mass is 549 g/mol. The molecule has 12 heteroatoms. The van der Waals surface area contributed by atoms with Gasteiger partial charge in [-0.3, -0.25) is 14.3 Å². The topological polar surface area (TPSA) is 80.1 Å². The normalized spacial score (nSPS) is 18.2. The molecule has 202 valence electrons. The molecule has 1 N–H and O–H groups in total. The Morgan fingerprint density at radius 1 is 1.08 bits per heavy atom. The van der Waals surface area contributed by atoms with Crippen LogP contribution in [0.5, 0.6) is 0 Å². The zero-order valence-corrected chi connectivity index (χ0v) is 21.3.